The van der Waals surface area contributed by atoms with Crippen molar-refractivity contribution in [1.29, 1.82) is 0 Å². The van der Waals surface area contributed by atoms with Crippen LogP contribution in [0.5, 0.6) is 11.5 Å². The first-order chi connectivity index (χ1) is 14.1. The van der Waals surface area contributed by atoms with Crippen LogP contribution >= 0.6 is 23.1 Å². The maximum atomic E-state index is 12.9. The minimum atomic E-state index is -0.377. The Hall–Kier alpha value is -2.91. The Kier molecular flexibility index (Phi) is 5.77. The molecule has 0 bridgehead atoms. The summed E-state index contributed by atoms with van der Waals surface area (Å²) in [5.74, 6) is 0.764. The largest absolute Gasteiger partial charge is 0.454 e. The minimum absolute atomic E-state index is 0.104. The van der Waals surface area contributed by atoms with Gasteiger partial charge in [0.2, 0.25) is 12.7 Å². The number of ether oxygens (including phenoxy) is 2. The lowest BCUT2D eigenvalue weighted by Gasteiger charge is -2.05. The van der Waals surface area contributed by atoms with Crippen molar-refractivity contribution in [3.05, 3.63) is 64.9 Å². The summed E-state index contributed by atoms with van der Waals surface area (Å²) in [6, 6.07) is 10.7. The third kappa shape index (κ3) is 4.93. The number of nitrogens with zero attached hydrogens (tertiary/aromatic N) is 1. The van der Waals surface area contributed by atoms with Crippen molar-refractivity contribution in [1.82, 2.24) is 4.98 Å². The standard InChI is InChI=1S/C20H15FN2O4S2/c21-13-3-1-12(2-4-13)16(24)10-29-20-23-15(9-28-20)8-19(25)22-14-5-6-17-18(7-14)27-11-26-17/h1-7,9H,8,10-11H2,(H,22,25). The molecule has 0 fully saturated rings. The van der Waals surface area contributed by atoms with E-state index in [1.165, 1.54) is 47.4 Å². The number of hydrogen-bond acceptors (Lipinski definition) is 7. The van der Waals surface area contributed by atoms with Crippen LogP contribution < -0.4 is 14.8 Å². The van der Waals surface area contributed by atoms with Crippen LogP contribution in [0.2, 0.25) is 0 Å². The third-order valence-electron chi connectivity index (χ3n) is 4.02. The Balaban J connectivity index is 1.29. The van der Waals surface area contributed by atoms with Crippen LogP contribution in [-0.4, -0.2) is 29.2 Å². The summed E-state index contributed by atoms with van der Waals surface area (Å²) in [5, 5.41) is 4.60. The van der Waals surface area contributed by atoms with Crippen LogP contribution in [-0.2, 0) is 11.2 Å². The fourth-order valence-electron chi connectivity index (χ4n) is 2.63. The molecule has 0 saturated carbocycles. The lowest BCUT2D eigenvalue weighted by Crippen LogP contribution is -2.14. The highest BCUT2D eigenvalue weighted by atomic mass is 32.2. The van der Waals surface area contributed by atoms with Gasteiger partial charge >= 0.3 is 0 Å². The zero-order valence-electron chi connectivity index (χ0n) is 15.0. The lowest BCUT2D eigenvalue weighted by atomic mass is 10.1. The smallest absolute Gasteiger partial charge is 0.231 e. The zero-order chi connectivity index (χ0) is 20.2. The number of anilines is 1. The number of Topliss-reactive ketones (excluding diaryl/α,β-unsaturated/α-hetero) is 1. The highest BCUT2D eigenvalue weighted by Gasteiger charge is 2.15. The number of carbonyl (C=O) groups is 2. The highest BCUT2D eigenvalue weighted by molar-refractivity contribution is 8.01. The van der Waals surface area contributed by atoms with Gasteiger partial charge in [0, 0.05) is 22.7 Å². The number of thioether (sulfide) groups is 1. The molecule has 0 unspecified atom stereocenters. The van der Waals surface area contributed by atoms with Crippen LogP contribution in [0.1, 0.15) is 16.1 Å². The van der Waals surface area contributed by atoms with E-state index in [0.717, 1.165) is 0 Å². The Bertz CT molecular complexity index is 1050. The molecular weight excluding hydrogens is 415 g/mol. The van der Waals surface area contributed by atoms with E-state index in [4.69, 9.17) is 9.47 Å². The van der Waals surface area contributed by atoms with Crippen LogP contribution in [0, 0.1) is 5.82 Å². The summed E-state index contributed by atoms with van der Waals surface area (Å²) >= 11 is 2.67. The van der Waals surface area contributed by atoms with E-state index < -0.39 is 0 Å². The van der Waals surface area contributed by atoms with E-state index in [1.54, 1.807) is 23.6 Å². The van der Waals surface area contributed by atoms with Crippen molar-refractivity contribution in [3.63, 3.8) is 0 Å². The van der Waals surface area contributed by atoms with Gasteiger partial charge in [-0.1, -0.05) is 11.8 Å². The molecule has 0 saturated heterocycles. The number of amides is 1. The maximum absolute atomic E-state index is 12.9. The van der Waals surface area contributed by atoms with E-state index in [2.05, 4.69) is 10.3 Å². The summed E-state index contributed by atoms with van der Waals surface area (Å²) in [5.41, 5.74) is 1.71. The number of nitrogens with one attached hydrogen (secondary N) is 1. The van der Waals surface area contributed by atoms with Crippen LogP contribution in [0.25, 0.3) is 0 Å². The number of halogens is 1. The van der Waals surface area contributed by atoms with E-state index in [0.29, 0.717) is 32.8 Å². The average Bonchev–Trinajstić information content (AvgIpc) is 3.35. The molecule has 0 spiro atoms. The predicted octanol–water partition coefficient (Wildman–Crippen LogP) is 4.17. The predicted molar refractivity (Wildman–Crippen MR) is 108 cm³/mol. The lowest BCUT2D eigenvalue weighted by molar-refractivity contribution is -0.115. The Morgan fingerprint density at radius 2 is 1.93 bits per heavy atom. The molecular formula is C20H15FN2O4S2. The fourth-order valence-corrected chi connectivity index (χ4v) is 4.37. The first-order valence-corrected chi connectivity index (χ1v) is 10.5. The molecule has 1 amide bonds. The van der Waals surface area contributed by atoms with Crippen LogP contribution in [0.3, 0.4) is 0 Å². The van der Waals surface area contributed by atoms with Gasteiger partial charge in [0.1, 0.15) is 5.82 Å². The second-order valence-corrected chi connectivity index (χ2v) is 8.20. The number of ketones is 1. The third-order valence-corrected chi connectivity index (χ3v) is 6.09. The Morgan fingerprint density at radius 1 is 1.14 bits per heavy atom. The Labute approximate surface area is 174 Å². The van der Waals surface area contributed by atoms with Crippen molar-refractivity contribution in [3.8, 4) is 11.5 Å². The van der Waals surface area contributed by atoms with Crippen molar-refractivity contribution < 1.29 is 23.5 Å². The number of carbonyl (C=O) groups excluding carboxylic acids is 2. The molecule has 4 rings (SSSR count). The molecule has 2 heterocycles. The molecule has 3 aromatic rings. The summed E-state index contributed by atoms with van der Waals surface area (Å²) in [6.45, 7) is 0.176. The average molecular weight is 430 g/mol. The molecule has 9 heteroatoms. The number of thiazole rings is 1. The van der Waals surface area contributed by atoms with Crippen molar-refractivity contribution >= 4 is 40.5 Å². The summed E-state index contributed by atoms with van der Waals surface area (Å²) in [7, 11) is 0. The molecule has 0 aliphatic carbocycles. The van der Waals surface area contributed by atoms with E-state index in [9.17, 15) is 14.0 Å². The van der Waals surface area contributed by atoms with Crippen molar-refractivity contribution in [2.24, 2.45) is 0 Å². The number of hydrogen-bond donors (Lipinski definition) is 1. The van der Waals surface area contributed by atoms with Gasteiger partial charge in [0.05, 0.1) is 17.9 Å². The van der Waals surface area contributed by atoms with Gasteiger partial charge < -0.3 is 14.8 Å². The van der Waals surface area contributed by atoms with Gasteiger partial charge in [0.25, 0.3) is 0 Å². The quantitative estimate of drug-likeness (QED) is 0.448. The summed E-state index contributed by atoms with van der Waals surface area (Å²) in [4.78, 5) is 28.8. The fraction of sp³-hybridized carbons (Fsp3) is 0.150. The minimum Gasteiger partial charge on any atom is -0.454 e. The van der Waals surface area contributed by atoms with Crippen molar-refractivity contribution in [2.45, 2.75) is 10.8 Å². The first-order valence-electron chi connectivity index (χ1n) is 8.62. The molecule has 1 aliphatic rings. The van der Waals surface area contributed by atoms with Gasteiger partial charge in [-0.25, -0.2) is 9.37 Å². The zero-order valence-corrected chi connectivity index (χ0v) is 16.6. The van der Waals surface area contributed by atoms with Gasteiger partial charge in [-0.05, 0) is 36.4 Å². The summed E-state index contributed by atoms with van der Waals surface area (Å²) in [6.07, 6.45) is 0.122. The van der Waals surface area contributed by atoms with Crippen molar-refractivity contribution in [2.75, 3.05) is 17.9 Å². The van der Waals surface area contributed by atoms with Gasteiger partial charge in [-0.15, -0.1) is 11.3 Å². The van der Waals surface area contributed by atoms with Gasteiger partial charge in [-0.2, -0.15) is 0 Å². The second kappa shape index (κ2) is 8.62. The maximum Gasteiger partial charge on any atom is 0.231 e. The Morgan fingerprint density at radius 3 is 2.76 bits per heavy atom. The second-order valence-electron chi connectivity index (χ2n) is 6.12. The van der Waals surface area contributed by atoms with Gasteiger partial charge in [0.15, 0.2) is 21.6 Å². The van der Waals surface area contributed by atoms with E-state index >= 15 is 0 Å². The molecule has 29 heavy (non-hydrogen) atoms. The number of benzene rings is 2. The van der Waals surface area contributed by atoms with E-state index in [-0.39, 0.29) is 36.5 Å². The molecule has 0 atom stereocenters. The molecule has 2 aromatic carbocycles. The highest BCUT2D eigenvalue weighted by Crippen LogP contribution is 2.34. The molecule has 1 aromatic heterocycles. The normalized spacial score (nSPS) is 12.0. The van der Waals surface area contributed by atoms with Gasteiger partial charge in [-0.3, -0.25) is 9.59 Å². The SMILES string of the molecule is O=C(Cc1csc(SCC(=O)c2ccc(F)cc2)n1)Nc1ccc2c(c1)OCO2. The molecule has 1 aliphatic heterocycles. The number of fused-ring (bicyclic) bond motifs is 1. The first kappa shape index (κ1) is 19.4. The summed E-state index contributed by atoms with van der Waals surface area (Å²) < 4.78 is 24.2. The van der Waals surface area contributed by atoms with Crippen LogP contribution in [0.15, 0.2) is 52.2 Å². The van der Waals surface area contributed by atoms with E-state index in [1.807, 2.05) is 0 Å². The molecule has 1 N–H and O–H groups in total. The molecule has 0 radical (unpaired) electrons. The number of rotatable bonds is 7. The molecule has 6 nitrogen and oxygen atoms in total. The number of aromatic nitrogens is 1. The monoisotopic (exact) mass is 430 g/mol. The topological polar surface area (TPSA) is 77.5 Å². The van der Waals surface area contributed by atoms with Crippen LogP contribution in [0.4, 0.5) is 10.1 Å². The molecule has 148 valence electrons.